The largest absolute Gasteiger partial charge is 0.370 e. The minimum absolute atomic E-state index is 0.360. The number of nitrogens with zero attached hydrogens (tertiary/aromatic N) is 2. The van der Waals surface area contributed by atoms with Crippen LogP contribution in [0.2, 0.25) is 0 Å². The van der Waals surface area contributed by atoms with Gasteiger partial charge in [0.15, 0.2) is 0 Å². The van der Waals surface area contributed by atoms with Gasteiger partial charge in [0.1, 0.15) is 0 Å². The number of nitrogens with one attached hydrogen (secondary N) is 1. The zero-order valence-electron chi connectivity index (χ0n) is 13.1. The van der Waals surface area contributed by atoms with Gasteiger partial charge in [0, 0.05) is 19.1 Å². The van der Waals surface area contributed by atoms with Crippen molar-refractivity contribution < 1.29 is 0 Å². The Bertz CT molecular complexity index is 344. The van der Waals surface area contributed by atoms with E-state index in [2.05, 4.69) is 55.0 Å². The first kappa shape index (κ1) is 16.0. The Kier molecular flexibility index (Phi) is 6.85. The fourth-order valence-corrected chi connectivity index (χ4v) is 2.27. The molecule has 2 atom stereocenters. The third-order valence-electron chi connectivity index (χ3n) is 3.86. The van der Waals surface area contributed by atoms with Crippen molar-refractivity contribution >= 4 is 5.69 Å². The minimum atomic E-state index is 0.360. The van der Waals surface area contributed by atoms with Gasteiger partial charge in [-0.15, -0.1) is 0 Å². The van der Waals surface area contributed by atoms with Crippen molar-refractivity contribution in [3.05, 3.63) is 24.0 Å². The Morgan fingerprint density at radius 2 is 1.95 bits per heavy atom. The number of pyridine rings is 1. The van der Waals surface area contributed by atoms with Gasteiger partial charge in [0.05, 0.1) is 17.6 Å². The van der Waals surface area contributed by atoms with Crippen molar-refractivity contribution in [1.82, 2.24) is 10.3 Å². The van der Waals surface area contributed by atoms with Gasteiger partial charge in [-0.25, -0.2) is 0 Å². The molecule has 108 valence electrons. The lowest BCUT2D eigenvalue weighted by Gasteiger charge is -2.26. The van der Waals surface area contributed by atoms with Crippen LogP contribution < -0.4 is 10.2 Å². The molecule has 1 aromatic rings. The number of hydrogen-bond donors (Lipinski definition) is 1. The molecule has 0 spiro atoms. The summed E-state index contributed by atoms with van der Waals surface area (Å²) < 4.78 is 0. The molecule has 0 saturated carbocycles. The molecule has 0 aromatic carbocycles. The summed E-state index contributed by atoms with van der Waals surface area (Å²) in [5, 5.41) is 3.30. The lowest BCUT2D eigenvalue weighted by molar-refractivity contribution is 0.545. The second-order valence-corrected chi connectivity index (χ2v) is 5.24. The average molecular weight is 263 g/mol. The Hall–Kier alpha value is -1.09. The lowest BCUT2D eigenvalue weighted by Crippen LogP contribution is -2.28. The Morgan fingerprint density at radius 1 is 1.21 bits per heavy atom. The molecule has 2 unspecified atom stereocenters. The maximum atomic E-state index is 4.62. The number of aromatic nitrogens is 1. The molecule has 1 rings (SSSR count). The molecule has 0 aliphatic heterocycles. The van der Waals surface area contributed by atoms with E-state index >= 15 is 0 Å². The van der Waals surface area contributed by atoms with Crippen molar-refractivity contribution in [2.75, 3.05) is 25.0 Å². The highest BCUT2D eigenvalue weighted by atomic mass is 15.1. The molecule has 0 saturated heterocycles. The van der Waals surface area contributed by atoms with E-state index in [1.165, 1.54) is 12.1 Å². The minimum Gasteiger partial charge on any atom is -0.370 e. The highest BCUT2D eigenvalue weighted by molar-refractivity contribution is 5.44. The van der Waals surface area contributed by atoms with Crippen molar-refractivity contribution in [2.45, 2.75) is 46.6 Å². The van der Waals surface area contributed by atoms with Crippen LogP contribution in [0, 0.1) is 5.92 Å². The first-order valence-corrected chi connectivity index (χ1v) is 7.54. The second kappa shape index (κ2) is 8.16. The van der Waals surface area contributed by atoms with Crippen molar-refractivity contribution in [3.8, 4) is 0 Å². The number of rotatable bonds is 8. The van der Waals surface area contributed by atoms with E-state index in [9.17, 15) is 0 Å². The maximum Gasteiger partial charge on any atom is 0.0574 e. The molecule has 3 nitrogen and oxygen atoms in total. The predicted molar refractivity (Wildman–Crippen MR) is 83.7 cm³/mol. The molecule has 0 aliphatic rings. The highest BCUT2D eigenvalue weighted by Gasteiger charge is 2.11. The molecule has 0 fully saturated rings. The monoisotopic (exact) mass is 263 g/mol. The fourth-order valence-electron chi connectivity index (χ4n) is 2.27. The second-order valence-electron chi connectivity index (χ2n) is 5.24. The van der Waals surface area contributed by atoms with Crippen LogP contribution in [-0.2, 0) is 0 Å². The van der Waals surface area contributed by atoms with Gasteiger partial charge in [-0.2, -0.15) is 0 Å². The summed E-state index contributed by atoms with van der Waals surface area (Å²) in [6.07, 6.45) is 4.30. The first-order chi connectivity index (χ1) is 9.15. The number of hydrogen-bond acceptors (Lipinski definition) is 3. The van der Waals surface area contributed by atoms with Crippen molar-refractivity contribution in [3.63, 3.8) is 0 Å². The molecule has 0 bridgehead atoms. The third-order valence-corrected chi connectivity index (χ3v) is 3.86. The standard InChI is InChI=1S/C16H29N3/c1-6-13(4)12-19(8-3)14-9-10-16(18-11-14)15(7-2)17-5/h9-11,13,15,17H,6-8,12H2,1-5H3. The zero-order chi connectivity index (χ0) is 14.3. The van der Waals surface area contributed by atoms with E-state index < -0.39 is 0 Å². The SMILES string of the molecule is CCC(C)CN(CC)c1ccc(C(CC)NC)nc1. The fraction of sp³-hybridized carbons (Fsp3) is 0.688. The summed E-state index contributed by atoms with van der Waals surface area (Å²) in [4.78, 5) is 7.03. The van der Waals surface area contributed by atoms with Crippen LogP contribution in [0.25, 0.3) is 0 Å². The normalized spacial score (nSPS) is 14.2. The van der Waals surface area contributed by atoms with Gasteiger partial charge in [-0.05, 0) is 38.4 Å². The summed E-state index contributed by atoms with van der Waals surface area (Å²) in [6, 6.07) is 4.71. The Morgan fingerprint density at radius 3 is 2.37 bits per heavy atom. The summed E-state index contributed by atoms with van der Waals surface area (Å²) in [6.45, 7) is 11.1. The van der Waals surface area contributed by atoms with E-state index in [-0.39, 0.29) is 0 Å². The summed E-state index contributed by atoms with van der Waals surface area (Å²) in [5.41, 5.74) is 2.37. The summed E-state index contributed by atoms with van der Waals surface area (Å²) in [5.74, 6) is 0.723. The molecule has 19 heavy (non-hydrogen) atoms. The number of anilines is 1. The first-order valence-electron chi connectivity index (χ1n) is 7.54. The molecule has 0 aliphatic carbocycles. The van der Waals surface area contributed by atoms with Crippen LogP contribution in [-0.4, -0.2) is 25.1 Å². The van der Waals surface area contributed by atoms with Gasteiger partial charge in [0.2, 0.25) is 0 Å². The average Bonchev–Trinajstić information content (AvgIpc) is 2.46. The Balaban J connectivity index is 2.78. The smallest absolute Gasteiger partial charge is 0.0574 e. The van der Waals surface area contributed by atoms with E-state index in [1.54, 1.807) is 0 Å². The molecule has 1 N–H and O–H groups in total. The summed E-state index contributed by atoms with van der Waals surface area (Å²) >= 11 is 0. The van der Waals surface area contributed by atoms with Crippen molar-refractivity contribution in [1.29, 1.82) is 0 Å². The van der Waals surface area contributed by atoms with Gasteiger partial charge < -0.3 is 10.2 Å². The van der Waals surface area contributed by atoms with E-state index in [4.69, 9.17) is 0 Å². The topological polar surface area (TPSA) is 28.2 Å². The molecule has 0 radical (unpaired) electrons. The van der Waals surface area contributed by atoms with Crippen LogP contribution in [0.3, 0.4) is 0 Å². The van der Waals surface area contributed by atoms with Crippen LogP contribution in [0.15, 0.2) is 18.3 Å². The van der Waals surface area contributed by atoms with Gasteiger partial charge in [0.25, 0.3) is 0 Å². The predicted octanol–water partition coefficient (Wildman–Crippen LogP) is 3.62. The van der Waals surface area contributed by atoms with Crippen LogP contribution >= 0.6 is 0 Å². The Labute approximate surface area is 118 Å². The van der Waals surface area contributed by atoms with Gasteiger partial charge in [-0.3, -0.25) is 4.98 Å². The third kappa shape index (κ3) is 4.50. The van der Waals surface area contributed by atoms with Gasteiger partial charge >= 0.3 is 0 Å². The van der Waals surface area contributed by atoms with E-state index in [0.717, 1.165) is 31.1 Å². The van der Waals surface area contributed by atoms with Crippen LogP contribution in [0.4, 0.5) is 5.69 Å². The molecular formula is C16H29N3. The van der Waals surface area contributed by atoms with Crippen LogP contribution in [0.5, 0.6) is 0 Å². The molecule has 1 aromatic heterocycles. The highest BCUT2D eigenvalue weighted by Crippen LogP contribution is 2.19. The summed E-state index contributed by atoms with van der Waals surface area (Å²) in [7, 11) is 1.99. The van der Waals surface area contributed by atoms with E-state index in [0.29, 0.717) is 6.04 Å². The molecule has 0 amide bonds. The maximum absolute atomic E-state index is 4.62. The molecule has 1 heterocycles. The lowest BCUT2D eigenvalue weighted by atomic mass is 10.1. The molecule has 3 heteroatoms. The molecular weight excluding hydrogens is 234 g/mol. The zero-order valence-corrected chi connectivity index (χ0v) is 13.1. The van der Waals surface area contributed by atoms with Gasteiger partial charge in [-0.1, -0.05) is 27.2 Å². The van der Waals surface area contributed by atoms with Crippen molar-refractivity contribution in [2.24, 2.45) is 5.92 Å². The van der Waals surface area contributed by atoms with Crippen LogP contribution in [0.1, 0.15) is 52.3 Å². The quantitative estimate of drug-likeness (QED) is 0.776. The van der Waals surface area contributed by atoms with E-state index in [1.807, 2.05) is 13.2 Å².